The second-order valence-corrected chi connectivity index (χ2v) is 3.78. The fourth-order valence-electron chi connectivity index (χ4n) is 2.54. The lowest BCUT2D eigenvalue weighted by Crippen LogP contribution is -2.21. The van der Waals surface area contributed by atoms with Gasteiger partial charge >= 0.3 is 0 Å². The molecule has 2 heteroatoms. The molecular formula is C9H16N2. The van der Waals surface area contributed by atoms with Crippen LogP contribution in [0.15, 0.2) is 11.1 Å². The van der Waals surface area contributed by atoms with E-state index in [1.165, 1.54) is 24.8 Å². The zero-order valence-corrected chi connectivity index (χ0v) is 6.84. The molecule has 2 bridgehead atoms. The van der Waals surface area contributed by atoms with Crippen molar-refractivity contribution in [2.24, 2.45) is 23.3 Å². The van der Waals surface area contributed by atoms with Crippen LogP contribution in [0.4, 0.5) is 0 Å². The number of rotatable bonds is 2. The Balaban J connectivity index is 2.12. The first-order valence-corrected chi connectivity index (χ1v) is 4.45. The van der Waals surface area contributed by atoms with Crippen LogP contribution in [0.5, 0.6) is 0 Å². The summed E-state index contributed by atoms with van der Waals surface area (Å²) in [6.45, 7) is 1.65. The highest BCUT2D eigenvalue weighted by Crippen LogP contribution is 2.47. The molecule has 2 atom stereocenters. The van der Waals surface area contributed by atoms with Gasteiger partial charge in [-0.25, -0.2) is 0 Å². The molecule has 2 unspecified atom stereocenters. The average molecular weight is 152 g/mol. The van der Waals surface area contributed by atoms with Crippen molar-refractivity contribution in [3.05, 3.63) is 11.1 Å². The van der Waals surface area contributed by atoms with Crippen molar-refractivity contribution in [1.29, 1.82) is 0 Å². The third kappa shape index (κ3) is 1.01. The largest absolute Gasteiger partial charge is 0.330 e. The average Bonchev–Trinajstić information content (AvgIpc) is 2.60. The lowest BCUT2D eigenvalue weighted by molar-refractivity contribution is 0.391. The van der Waals surface area contributed by atoms with Gasteiger partial charge in [0.25, 0.3) is 0 Å². The molecule has 0 radical (unpaired) electrons. The Labute approximate surface area is 67.6 Å². The highest BCUT2D eigenvalue weighted by Gasteiger charge is 2.36. The smallest absolute Gasteiger partial charge is 0.0139 e. The Morgan fingerprint density at radius 2 is 2.00 bits per heavy atom. The Bertz CT molecular complexity index is 196. The van der Waals surface area contributed by atoms with Gasteiger partial charge in [0.05, 0.1) is 0 Å². The molecule has 1 fully saturated rings. The number of hydrogen-bond donors (Lipinski definition) is 2. The first-order chi connectivity index (χ1) is 5.35. The molecule has 2 nitrogen and oxygen atoms in total. The zero-order chi connectivity index (χ0) is 7.84. The molecule has 2 aliphatic carbocycles. The second kappa shape index (κ2) is 2.61. The lowest BCUT2D eigenvalue weighted by atomic mass is 9.88. The Morgan fingerprint density at radius 3 is 2.45 bits per heavy atom. The van der Waals surface area contributed by atoms with Gasteiger partial charge in [-0.05, 0) is 37.6 Å². The quantitative estimate of drug-likeness (QED) is 0.570. The van der Waals surface area contributed by atoms with E-state index in [9.17, 15) is 0 Å². The molecule has 0 amide bonds. The minimum atomic E-state index is 0.778. The van der Waals surface area contributed by atoms with Crippen LogP contribution in [0.2, 0.25) is 0 Å². The van der Waals surface area contributed by atoms with E-state index in [0.29, 0.717) is 0 Å². The minimum Gasteiger partial charge on any atom is -0.330 e. The summed E-state index contributed by atoms with van der Waals surface area (Å²) >= 11 is 0. The van der Waals surface area contributed by atoms with Crippen LogP contribution in [-0.2, 0) is 0 Å². The number of nitrogens with two attached hydrogens (primary N) is 2. The van der Waals surface area contributed by atoms with Gasteiger partial charge in [0, 0.05) is 6.54 Å². The summed E-state index contributed by atoms with van der Waals surface area (Å²) in [7, 11) is 0. The van der Waals surface area contributed by atoms with E-state index in [4.69, 9.17) is 11.5 Å². The van der Waals surface area contributed by atoms with Crippen LogP contribution < -0.4 is 11.5 Å². The Hall–Kier alpha value is -0.340. The van der Waals surface area contributed by atoms with Crippen LogP contribution >= 0.6 is 0 Å². The standard InChI is InChI=1S/C9H16N2/c10-4-8-2-6-1-7(8)3-9(6)5-11/h6,9H,1-5,10-11H2. The third-order valence-electron chi connectivity index (χ3n) is 3.24. The maximum Gasteiger partial charge on any atom is 0.0139 e. The highest BCUT2D eigenvalue weighted by atomic mass is 14.6. The van der Waals surface area contributed by atoms with Crippen molar-refractivity contribution in [2.45, 2.75) is 19.3 Å². The molecule has 1 saturated carbocycles. The van der Waals surface area contributed by atoms with E-state index >= 15 is 0 Å². The highest BCUT2D eigenvalue weighted by molar-refractivity contribution is 5.28. The summed E-state index contributed by atoms with van der Waals surface area (Å²) in [4.78, 5) is 0. The summed E-state index contributed by atoms with van der Waals surface area (Å²) < 4.78 is 0. The number of fused-ring (bicyclic) bond motifs is 2. The van der Waals surface area contributed by atoms with Crippen LogP contribution in [-0.4, -0.2) is 13.1 Å². The second-order valence-electron chi connectivity index (χ2n) is 3.78. The summed E-state index contributed by atoms with van der Waals surface area (Å²) in [5.74, 6) is 1.63. The maximum absolute atomic E-state index is 5.65. The van der Waals surface area contributed by atoms with Crippen molar-refractivity contribution < 1.29 is 0 Å². The summed E-state index contributed by atoms with van der Waals surface area (Å²) in [5.41, 5.74) is 14.4. The first kappa shape index (κ1) is 7.32. The molecule has 11 heavy (non-hydrogen) atoms. The summed E-state index contributed by atoms with van der Waals surface area (Å²) in [6, 6.07) is 0. The molecule has 4 N–H and O–H groups in total. The number of hydrogen-bond acceptors (Lipinski definition) is 2. The molecule has 0 saturated heterocycles. The predicted octanol–water partition coefficient (Wildman–Crippen LogP) is 0.630. The van der Waals surface area contributed by atoms with Crippen molar-refractivity contribution in [2.75, 3.05) is 13.1 Å². The Kier molecular flexibility index (Phi) is 1.74. The first-order valence-electron chi connectivity index (χ1n) is 4.45. The molecule has 0 heterocycles. The van der Waals surface area contributed by atoms with Gasteiger partial charge in [-0.3, -0.25) is 0 Å². The SMILES string of the molecule is NCC1=C2CC(CN)C(C1)C2. The molecule has 0 aromatic heterocycles. The summed E-state index contributed by atoms with van der Waals surface area (Å²) in [6.07, 6.45) is 3.79. The maximum atomic E-state index is 5.65. The molecule has 0 aromatic carbocycles. The van der Waals surface area contributed by atoms with Crippen molar-refractivity contribution in [3.8, 4) is 0 Å². The van der Waals surface area contributed by atoms with E-state index in [0.717, 1.165) is 24.9 Å². The van der Waals surface area contributed by atoms with Crippen molar-refractivity contribution in [3.63, 3.8) is 0 Å². The molecular weight excluding hydrogens is 136 g/mol. The minimum absolute atomic E-state index is 0.778. The van der Waals surface area contributed by atoms with Gasteiger partial charge in [0.1, 0.15) is 0 Å². The molecule has 0 aromatic rings. The van der Waals surface area contributed by atoms with Gasteiger partial charge in [0.15, 0.2) is 0 Å². The molecule has 2 aliphatic rings. The third-order valence-corrected chi connectivity index (χ3v) is 3.24. The lowest BCUT2D eigenvalue weighted by Gasteiger charge is -2.19. The van der Waals surface area contributed by atoms with E-state index in [2.05, 4.69) is 0 Å². The monoisotopic (exact) mass is 152 g/mol. The van der Waals surface area contributed by atoms with Gasteiger partial charge in [-0.15, -0.1) is 0 Å². The van der Waals surface area contributed by atoms with Gasteiger partial charge in [-0.1, -0.05) is 11.1 Å². The van der Waals surface area contributed by atoms with Crippen molar-refractivity contribution in [1.82, 2.24) is 0 Å². The van der Waals surface area contributed by atoms with Gasteiger partial charge < -0.3 is 11.5 Å². The predicted molar refractivity (Wildman–Crippen MR) is 46.0 cm³/mol. The van der Waals surface area contributed by atoms with Crippen LogP contribution in [0, 0.1) is 11.8 Å². The Morgan fingerprint density at radius 1 is 1.18 bits per heavy atom. The van der Waals surface area contributed by atoms with E-state index in [1.54, 1.807) is 5.57 Å². The van der Waals surface area contributed by atoms with E-state index < -0.39 is 0 Å². The van der Waals surface area contributed by atoms with E-state index in [-0.39, 0.29) is 0 Å². The van der Waals surface area contributed by atoms with Crippen LogP contribution in [0.1, 0.15) is 19.3 Å². The van der Waals surface area contributed by atoms with Crippen LogP contribution in [0.3, 0.4) is 0 Å². The van der Waals surface area contributed by atoms with Crippen LogP contribution in [0.25, 0.3) is 0 Å². The van der Waals surface area contributed by atoms with E-state index in [1.807, 2.05) is 0 Å². The molecule has 0 spiro atoms. The molecule has 62 valence electrons. The fraction of sp³-hybridized carbons (Fsp3) is 0.778. The normalized spacial score (nSPS) is 35.5. The van der Waals surface area contributed by atoms with Crippen molar-refractivity contribution >= 4 is 0 Å². The summed E-state index contributed by atoms with van der Waals surface area (Å²) in [5, 5.41) is 0. The molecule has 0 aliphatic heterocycles. The fourth-order valence-corrected chi connectivity index (χ4v) is 2.54. The zero-order valence-electron chi connectivity index (χ0n) is 6.84. The van der Waals surface area contributed by atoms with Gasteiger partial charge in [-0.2, -0.15) is 0 Å². The number of allylic oxidation sites excluding steroid dienone is 1. The topological polar surface area (TPSA) is 52.0 Å². The van der Waals surface area contributed by atoms with Gasteiger partial charge in [0.2, 0.25) is 0 Å². The molecule has 2 rings (SSSR count).